The Kier molecular flexibility index (Phi) is 13.2. The standard InChI is InChI=1S/C34H47N8PS.C2H6/c1-5-8-26(21(2)25-10-6-11-29-31(25)27(18-35)34(43)44-29)32(37)33-39-23(12-13-24-9-7-15-42(24)4)17-30(40-33)38-19-22-20-41(3)16-14-28(22)36;1-2/h17,19,24-25,37H,5-16,20,36,43H2,1-4H3;1-2H3/b26-21+,37-32?,38-19?;. The molecule has 3 unspecified atom stereocenters. The normalized spacial score (nSPS) is 21.1. The minimum Gasteiger partial charge on any atom is -0.402 e. The van der Waals surface area contributed by atoms with E-state index in [1.807, 2.05) is 26.1 Å². The van der Waals surface area contributed by atoms with Gasteiger partial charge in [0.1, 0.15) is 11.8 Å². The van der Waals surface area contributed by atoms with Crippen LogP contribution in [0.15, 0.2) is 33.5 Å². The van der Waals surface area contributed by atoms with Crippen LogP contribution in [0.1, 0.15) is 113 Å². The number of allylic oxidation sites excluding steroid dienone is 2. The molecule has 248 valence electrons. The molecular formula is C36H53N8PS. The highest BCUT2D eigenvalue weighted by molar-refractivity contribution is 7.43. The van der Waals surface area contributed by atoms with Crippen molar-refractivity contribution in [3.63, 3.8) is 0 Å². The van der Waals surface area contributed by atoms with Crippen LogP contribution < -0.4 is 10.4 Å². The lowest BCUT2D eigenvalue weighted by Gasteiger charge is -2.26. The van der Waals surface area contributed by atoms with Crippen LogP contribution in [0.5, 0.6) is 0 Å². The Labute approximate surface area is 283 Å². The highest BCUT2D eigenvalue weighted by Gasteiger charge is 2.30. The second-order valence-electron chi connectivity index (χ2n) is 12.7. The first-order valence-electron chi connectivity index (χ1n) is 17.1. The molecule has 8 nitrogen and oxygen atoms in total. The summed E-state index contributed by atoms with van der Waals surface area (Å²) in [4.78, 5) is 20.7. The largest absolute Gasteiger partial charge is 0.402 e. The minimum atomic E-state index is 0.137. The zero-order valence-electron chi connectivity index (χ0n) is 28.7. The highest BCUT2D eigenvalue weighted by Crippen LogP contribution is 2.43. The molecule has 0 amide bonds. The van der Waals surface area contributed by atoms with Crippen molar-refractivity contribution in [2.24, 2.45) is 10.7 Å². The summed E-state index contributed by atoms with van der Waals surface area (Å²) in [5, 5.41) is 19.5. The van der Waals surface area contributed by atoms with Crippen LogP contribution in [0.25, 0.3) is 0 Å². The average molecular weight is 661 g/mol. The SMILES string of the molecule is CC.CCC/C(C(=N)c1nc(CCC2CCCN2C)cc(N=CC2=C(N)CCN(C)C2)n1)=C(/C)C1CCCc2sc(P)c(C#N)c21. The van der Waals surface area contributed by atoms with E-state index < -0.39 is 0 Å². The molecule has 4 heterocycles. The van der Waals surface area contributed by atoms with Gasteiger partial charge in [-0.05, 0) is 90.1 Å². The molecule has 2 aliphatic heterocycles. The van der Waals surface area contributed by atoms with E-state index in [2.05, 4.69) is 53.1 Å². The number of aryl methyl sites for hydroxylation is 2. The third-order valence-electron chi connectivity index (χ3n) is 9.57. The van der Waals surface area contributed by atoms with Crippen LogP contribution in [-0.4, -0.2) is 71.5 Å². The number of nitrogens with one attached hydrogen (secondary N) is 1. The van der Waals surface area contributed by atoms with Crippen molar-refractivity contribution in [2.75, 3.05) is 33.7 Å². The number of thiophene rings is 1. The molecule has 0 spiro atoms. The van der Waals surface area contributed by atoms with Crippen molar-refractivity contribution >= 4 is 42.9 Å². The van der Waals surface area contributed by atoms with Crippen LogP contribution in [-0.2, 0) is 12.8 Å². The number of rotatable bonds is 10. The van der Waals surface area contributed by atoms with Crippen molar-refractivity contribution in [1.29, 1.82) is 10.7 Å². The molecule has 0 bridgehead atoms. The van der Waals surface area contributed by atoms with Crippen LogP contribution in [0, 0.1) is 16.7 Å². The minimum absolute atomic E-state index is 0.137. The number of aliphatic imine (C=N–C) groups is 1. The summed E-state index contributed by atoms with van der Waals surface area (Å²) in [6.45, 7) is 11.2. The van der Waals surface area contributed by atoms with Crippen molar-refractivity contribution in [2.45, 2.75) is 104 Å². The predicted octanol–water partition coefficient (Wildman–Crippen LogP) is 6.82. The maximum atomic E-state index is 10.0. The third-order valence-corrected chi connectivity index (χ3v) is 11.3. The fourth-order valence-electron chi connectivity index (χ4n) is 7.00. The topological polar surface area (TPSA) is 118 Å². The molecular weight excluding hydrogens is 607 g/mol. The van der Waals surface area contributed by atoms with E-state index in [-0.39, 0.29) is 5.92 Å². The van der Waals surface area contributed by atoms with Gasteiger partial charge in [-0.15, -0.1) is 11.3 Å². The van der Waals surface area contributed by atoms with E-state index in [9.17, 15) is 10.7 Å². The van der Waals surface area contributed by atoms with Gasteiger partial charge < -0.3 is 15.5 Å². The van der Waals surface area contributed by atoms with Crippen molar-refractivity contribution in [3.05, 3.63) is 56.0 Å². The van der Waals surface area contributed by atoms with Crippen molar-refractivity contribution < 1.29 is 0 Å². The molecule has 3 N–H and O–H groups in total. The number of hydrogen-bond acceptors (Lipinski definition) is 9. The molecule has 46 heavy (non-hydrogen) atoms. The van der Waals surface area contributed by atoms with E-state index in [0.29, 0.717) is 23.4 Å². The number of likely N-dealkylation sites (tertiary alicyclic amines) is 1. The highest BCUT2D eigenvalue weighted by atomic mass is 32.1. The van der Waals surface area contributed by atoms with Crippen LogP contribution in [0.4, 0.5) is 5.82 Å². The number of hydrogen-bond donors (Lipinski definition) is 2. The lowest BCUT2D eigenvalue weighted by molar-refractivity contribution is 0.296. The van der Waals surface area contributed by atoms with Gasteiger partial charge >= 0.3 is 0 Å². The van der Waals surface area contributed by atoms with Crippen molar-refractivity contribution in [3.8, 4) is 6.07 Å². The third kappa shape index (κ3) is 8.39. The maximum Gasteiger partial charge on any atom is 0.180 e. The molecule has 1 aliphatic carbocycles. The smallest absolute Gasteiger partial charge is 0.180 e. The Bertz CT molecular complexity index is 1530. The van der Waals surface area contributed by atoms with Crippen LogP contribution in [0.2, 0.25) is 0 Å². The molecule has 3 aliphatic rings. The lowest BCUT2D eigenvalue weighted by atomic mass is 9.78. The van der Waals surface area contributed by atoms with Gasteiger partial charge in [-0.2, -0.15) is 5.26 Å². The summed E-state index contributed by atoms with van der Waals surface area (Å²) in [6.07, 6.45) is 11.8. The molecule has 5 rings (SSSR count). The van der Waals surface area contributed by atoms with Gasteiger partial charge in [0, 0.05) is 70.2 Å². The van der Waals surface area contributed by atoms with Gasteiger partial charge in [-0.1, -0.05) is 42.0 Å². The first-order valence-corrected chi connectivity index (χ1v) is 18.5. The summed E-state index contributed by atoms with van der Waals surface area (Å²) in [5.41, 5.74) is 13.7. The lowest BCUT2D eigenvalue weighted by Crippen LogP contribution is -2.30. The first-order chi connectivity index (χ1) is 22.2. The summed E-state index contributed by atoms with van der Waals surface area (Å²) in [7, 11) is 7.07. The predicted molar refractivity (Wildman–Crippen MR) is 197 cm³/mol. The molecule has 1 saturated heterocycles. The number of likely N-dealkylation sites (N-methyl/N-ethyl adjacent to an activating group) is 1. The summed E-state index contributed by atoms with van der Waals surface area (Å²) < 4.78 is 1.02. The summed E-state index contributed by atoms with van der Waals surface area (Å²) >= 11 is 1.73. The fourth-order valence-corrected chi connectivity index (χ4v) is 8.77. The molecule has 0 saturated carbocycles. The van der Waals surface area contributed by atoms with Gasteiger partial charge in [0.25, 0.3) is 0 Å². The Morgan fingerprint density at radius 2 is 2.00 bits per heavy atom. The van der Waals surface area contributed by atoms with E-state index in [0.717, 1.165) is 104 Å². The van der Waals surface area contributed by atoms with Crippen LogP contribution in [0.3, 0.4) is 0 Å². The van der Waals surface area contributed by atoms with E-state index in [4.69, 9.17) is 20.7 Å². The van der Waals surface area contributed by atoms with Gasteiger partial charge in [-0.25, -0.2) is 15.0 Å². The van der Waals surface area contributed by atoms with Crippen molar-refractivity contribution in [1.82, 2.24) is 19.8 Å². The molecule has 2 aromatic heterocycles. The Morgan fingerprint density at radius 1 is 1.22 bits per heavy atom. The van der Waals surface area contributed by atoms with Gasteiger partial charge in [-0.3, -0.25) is 5.41 Å². The number of nitrogens with two attached hydrogens (primary N) is 1. The molecule has 2 aromatic rings. The van der Waals surface area contributed by atoms with E-state index >= 15 is 0 Å². The summed E-state index contributed by atoms with van der Waals surface area (Å²) in [5.74, 6) is 1.15. The zero-order chi connectivity index (χ0) is 33.4. The number of nitrogens with zero attached hydrogens (tertiary/aromatic N) is 6. The Balaban J connectivity index is 0.00000235. The average Bonchev–Trinajstić information content (AvgIpc) is 3.63. The summed E-state index contributed by atoms with van der Waals surface area (Å²) in [6, 6.07) is 5.02. The second kappa shape index (κ2) is 16.9. The molecule has 0 radical (unpaired) electrons. The molecule has 1 fully saturated rings. The molecule has 3 atom stereocenters. The van der Waals surface area contributed by atoms with Gasteiger partial charge in [0.05, 0.1) is 5.56 Å². The quantitative estimate of drug-likeness (QED) is 0.213. The number of aromatic nitrogens is 2. The zero-order valence-corrected chi connectivity index (χ0v) is 30.7. The van der Waals surface area contributed by atoms with E-state index in [1.54, 1.807) is 11.3 Å². The van der Waals surface area contributed by atoms with Gasteiger partial charge in [0.2, 0.25) is 0 Å². The monoisotopic (exact) mass is 660 g/mol. The fraction of sp³-hybridized carbons (Fsp3) is 0.583. The molecule has 10 heteroatoms. The Hall–Kier alpha value is -2.76. The second-order valence-corrected chi connectivity index (χ2v) is 14.8. The number of nitriles is 1. The van der Waals surface area contributed by atoms with E-state index in [1.165, 1.54) is 28.9 Å². The number of fused-ring (bicyclic) bond motifs is 1. The Morgan fingerprint density at radius 3 is 2.70 bits per heavy atom. The van der Waals surface area contributed by atoms with Crippen LogP contribution >= 0.6 is 20.6 Å². The molecule has 0 aromatic carbocycles. The first kappa shape index (κ1) is 36.1. The maximum absolute atomic E-state index is 10.0. The van der Waals surface area contributed by atoms with Gasteiger partial charge in [0.15, 0.2) is 11.6 Å².